The van der Waals surface area contributed by atoms with Crippen LogP contribution in [-0.4, -0.2) is 33.1 Å². The number of hydrogen-bond donors (Lipinski definition) is 1. The van der Waals surface area contributed by atoms with E-state index in [1.807, 2.05) is 20.0 Å². The Morgan fingerprint density at radius 1 is 1.10 bits per heavy atom. The maximum Gasteiger partial charge on any atom is 0.222 e. The zero-order chi connectivity index (χ0) is 21.4. The molecule has 0 bridgehead atoms. The van der Waals surface area contributed by atoms with Gasteiger partial charge in [-0.3, -0.25) is 0 Å². The topological polar surface area (TPSA) is 90.1 Å². The van der Waals surface area contributed by atoms with Crippen LogP contribution in [-0.2, 0) is 6.54 Å². The molecule has 7 nitrogen and oxygen atoms in total. The Balaban J connectivity index is 1.80. The van der Waals surface area contributed by atoms with Crippen LogP contribution in [0.4, 0.5) is 11.8 Å². The number of anilines is 2. The number of fused-ring (bicyclic) bond motifs is 1. The normalized spacial score (nSPS) is 13.7. The second kappa shape index (κ2) is 7.89. The molecule has 3 aromatic rings. The first-order valence-electron chi connectivity index (χ1n) is 10.3. The van der Waals surface area contributed by atoms with Gasteiger partial charge in [0.25, 0.3) is 0 Å². The summed E-state index contributed by atoms with van der Waals surface area (Å²) in [5, 5.41) is 0. The maximum absolute atomic E-state index is 6.17. The van der Waals surface area contributed by atoms with Crippen LogP contribution in [0, 0.1) is 20.8 Å². The molecule has 0 radical (unpaired) electrons. The molecular formula is C23H28N6O. The summed E-state index contributed by atoms with van der Waals surface area (Å²) >= 11 is 0. The van der Waals surface area contributed by atoms with E-state index in [-0.39, 0.29) is 0 Å². The van der Waals surface area contributed by atoms with Crippen LogP contribution in [0.2, 0.25) is 0 Å². The predicted molar refractivity (Wildman–Crippen MR) is 119 cm³/mol. The summed E-state index contributed by atoms with van der Waals surface area (Å²) in [4.78, 5) is 19.8. The largest absolute Gasteiger partial charge is 0.491 e. The van der Waals surface area contributed by atoms with Gasteiger partial charge in [-0.25, -0.2) is 15.0 Å². The molecule has 0 amide bonds. The van der Waals surface area contributed by atoms with E-state index in [1.54, 1.807) is 6.33 Å². The van der Waals surface area contributed by atoms with E-state index >= 15 is 0 Å². The Morgan fingerprint density at radius 2 is 1.90 bits per heavy atom. The fraction of sp³-hybridized carbons (Fsp3) is 0.391. The smallest absolute Gasteiger partial charge is 0.222 e. The van der Waals surface area contributed by atoms with Gasteiger partial charge in [-0.05, 0) is 49.9 Å². The molecule has 0 saturated heterocycles. The molecule has 156 valence electrons. The quantitative estimate of drug-likeness (QED) is 0.706. The number of nitrogen functional groups attached to an aromatic ring is 1. The Bertz CT molecular complexity index is 1100. The Morgan fingerprint density at radius 3 is 2.63 bits per heavy atom. The van der Waals surface area contributed by atoms with E-state index in [2.05, 4.69) is 57.7 Å². The Hall–Kier alpha value is -3.22. The first-order valence-corrected chi connectivity index (χ1v) is 10.3. The number of nitrogens with two attached hydrogens (primary N) is 1. The number of aryl methyl sites for hydroxylation is 3. The molecular weight excluding hydrogens is 376 g/mol. The van der Waals surface area contributed by atoms with E-state index < -0.39 is 0 Å². The number of hydrogen-bond acceptors (Lipinski definition) is 7. The van der Waals surface area contributed by atoms with E-state index in [4.69, 9.17) is 10.5 Å². The van der Waals surface area contributed by atoms with Crippen molar-refractivity contribution in [1.82, 2.24) is 19.9 Å². The monoisotopic (exact) mass is 404 g/mol. The van der Waals surface area contributed by atoms with Crippen molar-refractivity contribution < 1.29 is 4.74 Å². The minimum atomic E-state index is 0.293. The summed E-state index contributed by atoms with van der Waals surface area (Å²) in [5.41, 5.74) is 13.4. The fourth-order valence-corrected chi connectivity index (χ4v) is 4.23. The van der Waals surface area contributed by atoms with E-state index in [0.29, 0.717) is 25.0 Å². The second-order valence-electron chi connectivity index (χ2n) is 8.13. The summed E-state index contributed by atoms with van der Waals surface area (Å²) in [6.45, 7) is 12.4. The second-order valence-corrected chi connectivity index (χ2v) is 8.13. The van der Waals surface area contributed by atoms with Crippen LogP contribution >= 0.6 is 0 Å². The lowest BCUT2D eigenvalue weighted by Crippen LogP contribution is -2.28. The molecule has 0 fully saturated rings. The number of ether oxygens (including phenoxy) is 1. The lowest BCUT2D eigenvalue weighted by molar-refractivity contribution is 0.329. The van der Waals surface area contributed by atoms with Crippen LogP contribution < -0.4 is 15.4 Å². The number of nitrogens with zero attached hydrogens (tertiary/aromatic N) is 5. The number of rotatable bonds is 3. The van der Waals surface area contributed by atoms with Gasteiger partial charge in [0.15, 0.2) is 0 Å². The highest BCUT2D eigenvalue weighted by molar-refractivity contribution is 5.69. The molecule has 0 saturated carbocycles. The third kappa shape index (κ3) is 3.67. The Labute approximate surface area is 177 Å². The van der Waals surface area contributed by atoms with Crippen molar-refractivity contribution in [1.29, 1.82) is 0 Å². The van der Waals surface area contributed by atoms with Crippen LogP contribution in [0.15, 0.2) is 24.7 Å². The van der Waals surface area contributed by atoms with Gasteiger partial charge in [0.2, 0.25) is 5.95 Å². The van der Waals surface area contributed by atoms with Crippen LogP contribution in [0.25, 0.3) is 11.1 Å². The zero-order valence-corrected chi connectivity index (χ0v) is 18.2. The van der Waals surface area contributed by atoms with E-state index in [9.17, 15) is 0 Å². The predicted octanol–water partition coefficient (Wildman–Crippen LogP) is 3.96. The van der Waals surface area contributed by atoms with Gasteiger partial charge in [0, 0.05) is 40.8 Å². The molecule has 2 aromatic heterocycles. The van der Waals surface area contributed by atoms with Crippen molar-refractivity contribution in [3.8, 4) is 16.9 Å². The average Bonchev–Trinajstić information content (AvgIpc) is 2.90. The summed E-state index contributed by atoms with van der Waals surface area (Å²) in [6, 6.07) is 4.32. The van der Waals surface area contributed by atoms with Crippen LogP contribution in [0.5, 0.6) is 5.75 Å². The van der Waals surface area contributed by atoms with Gasteiger partial charge in [-0.1, -0.05) is 13.8 Å². The lowest BCUT2D eigenvalue weighted by atomic mass is 9.98. The number of aromatic nitrogens is 4. The average molecular weight is 405 g/mol. The van der Waals surface area contributed by atoms with Gasteiger partial charge < -0.3 is 15.4 Å². The van der Waals surface area contributed by atoms with Gasteiger partial charge in [0.1, 0.15) is 24.5 Å². The third-order valence-electron chi connectivity index (χ3n) is 5.55. The first kappa shape index (κ1) is 20.1. The fourth-order valence-electron chi connectivity index (χ4n) is 4.23. The molecule has 4 rings (SSSR count). The van der Waals surface area contributed by atoms with Gasteiger partial charge in [-0.2, -0.15) is 4.98 Å². The van der Waals surface area contributed by atoms with E-state index in [1.165, 1.54) is 0 Å². The molecule has 2 N–H and O–H groups in total. The van der Waals surface area contributed by atoms with Crippen LogP contribution in [0.1, 0.15) is 47.8 Å². The molecule has 1 aliphatic heterocycles. The molecule has 0 atom stereocenters. The molecule has 7 heteroatoms. The summed E-state index contributed by atoms with van der Waals surface area (Å²) < 4.78 is 6.17. The number of benzene rings is 1. The Kier molecular flexibility index (Phi) is 5.28. The van der Waals surface area contributed by atoms with Crippen molar-refractivity contribution in [2.24, 2.45) is 0 Å². The van der Waals surface area contributed by atoms with Gasteiger partial charge in [-0.15, -0.1) is 0 Å². The zero-order valence-electron chi connectivity index (χ0n) is 18.2. The van der Waals surface area contributed by atoms with Crippen molar-refractivity contribution in [2.45, 2.75) is 47.1 Å². The molecule has 0 spiro atoms. The SMILES string of the molecule is Cc1cc(-c2cncnc2C)cc2c1OCCN(c1nc(N)nc(C)c1C(C)C)C2. The minimum absolute atomic E-state index is 0.293. The molecule has 30 heavy (non-hydrogen) atoms. The maximum atomic E-state index is 6.17. The van der Waals surface area contributed by atoms with E-state index in [0.717, 1.165) is 57.3 Å². The first-order chi connectivity index (χ1) is 14.3. The highest BCUT2D eigenvalue weighted by Gasteiger charge is 2.24. The van der Waals surface area contributed by atoms with Crippen molar-refractivity contribution in [2.75, 3.05) is 23.8 Å². The molecule has 1 aromatic carbocycles. The third-order valence-corrected chi connectivity index (χ3v) is 5.55. The van der Waals surface area contributed by atoms with Crippen molar-refractivity contribution in [3.63, 3.8) is 0 Å². The molecule has 0 aliphatic carbocycles. The molecule has 0 unspecified atom stereocenters. The highest BCUT2D eigenvalue weighted by Crippen LogP contribution is 2.36. The summed E-state index contributed by atoms with van der Waals surface area (Å²) in [7, 11) is 0. The van der Waals surface area contributed by atoms with Crippen molar-refractivity contribution in [3.05, 3.63) is 52.7 Å². The molecule has 1 aliphatic rings. The van der Waals surface area contributed by atoms with Crippen LogP contribution in [0.3, 0.4) is 0 Å². The standard InChI is InChI=1S/C23H28N6O/c1-13(2)20-16(5)27-23(24)28-22(20)29-6-7-30-21-14(3)8-17(9-18(21)11-29)19-10-25-12-26-15(19)4/h8-10,12-13H,6-7,11H2,1-5H3,(H2,24,27,28). The lowest BCUT2D eigenvalue weighted by Gasteiger charge is -2.26. The summed E-state index contributed by atoms with van der Waals surface area (Å²) in [6.07, 6.45) is 3.44. The van der Waals surface area contributed by atoms with Crippen molar-refractivity contribution >= 4 is 11.8 Å². The van der Waals surface area contributed by atoms with Gasteiger partial charge >= 0.3 is 0 Å². The van der Waals surface area contributed by atoms with Gasteiger partial charge in [0.05, 0.1) is 6.54 Å². The summed E-state index contributed by atoms with van der Waals surface area (Å²) in [5.74, 6) is 2.44. The molecule has 3 heterocycles. The minimum Gasteiger partial charge on any atom is -0.491 e. The highest BCUT2D eigenvalue weighted by atomic mass is 16.5.